The van der Waals surface area contributed by atoms with E-state index < -0.39 is 4.92 Å². The maximum atomic E-state index is 11.0. The van der Waals surface area contributed by atoms with Crippen molar-refractivity contribution in [3.05, 3.63) is 28.3 Å². The Kier molecular flexibility index (Phi) is 3.48. The molecule has 3 rings (SSSR count). The molecule has 1 saturated carbocycles. The molecule has 2 unspecified atom stereocenters. The molecule has 20 heavy (non-hydrogen) atoms. The van der Waals surface area contributed by atoms with E-state index in [-0.39, 0.29) is 5.69 Å². The third-order valence-corrected chi connectivity index (χ3v) is 4.04. The standard InChI is InChI=1S/C14H19N3O3/c1-2-5-20-13-6-9(3-4-12(13)17(18)19)16-14-10-7-15-8-11(10)14/h3-4,6,10-11,14-16H,2,5,7-8H2,1H3. The molecule has 1 aliphatic carbocycles. The molecule has 1 heterocycles. The second-order valence-electron chi connectivity index (χ2n) is 5.44. The summed E-state index contributed by atoms with van der Waals surface area (Å²) in [4.78, 5) is 10.6. The van der Waals surface area contributed by atoms with E-state index in [1.54, 1.807) is 12.1 Å². The van der Waals surface area contributed by atoms with Crippen LogP contribution in [0.1, 0.15) is 13.3 Å². The van der Waals surface area contributed by atoms with E-state index in [9.17, 15) is 10.1 Å². The number of fused-ring (bicyclic) bond motifs is 1. The smallest absolute Gasteiger partial charge is 0.311 e. The Morgan fingerprint density at radius 2 is 2.20 bits per heavy atom. The van der Waals surface area contributed by atoms with E-state index in [1.165, 1.54) is 6.07 Å². The molecule has 6 heteroatoms. The van der Waals surface area contributed by atoms with E-state index in [0.717, 1.165) is 25.2 Å². The minimum absolute atomic E-state index is 0.0293. The summed E-state index contributed by atoms with van der Waals surface area (Å²) in [6.07, 6.45) is 0.827. The first-order valence-corrected chi connectivity index (χ1v) is 7.09. The molecular weight excluding hydrogens is 258 g/mol. The summed E-state index contributed by atoms with van der Waals surface area (Å²) < 4.78 is 5.49. The lowest BCUT2D eigenvalue weighted by Crippen LogP contribution is -2.21. The average Bonchev–Trinajstić information content (AvgIpc) is 2.87. The quantitative estimate of drug-likeness (QED) is 0.614. The number of ether oxygens (including phenoxy) is 1. The normalized spacial score (nSPS) is 26.9. The molecule has 1 saturated heterocycles. The maximum Gasteiger partial charge on any atom is 0.311 e. The Hall–Kier alpha value is -1.82. The average molecular weight is 277 g/mol. The predicted octanol–water partition coefficient (Wildman–Crippen LogP) is 2.01. The van der Waals surface area contributed by atoms with Crippen LogP contribution in [-0.4, -0.2) is 30.7 Å². The Balaban J connectivity index is 1.73. The second-order valence-corrected chi connectivity index (χ2v) is 5.44. The van der Waals surface area contributed by atoms with Crippen molar-refractivity contribution in [3.63, 3.8) is 0 Å². The van der Waals surface area contributed by atoms with Crippen LogP contribution in [-0.2, 0) is 0 Å². The highest BCUT2D eigenvalue weighted by atomic mass is 16.6. The number of benzene rings is 1. The largest absolute Gasteiger partial charge is 0.487 e. The van der Waals surface area contributed by atoms with Gasteiger partial charge in [0.15, 0.2) is 5.75 Å². The van der Waals surface area contributed by atoms with E-state index in [1.807, 2.05) is 6.92 Å². The van der Waals surface area contributed by atoms with Crippen LogP contribution in [0.2, 0.25) is 0 Å². The molecule has 2 atom stereocenters. The van der Waals surface area contributed by atoms with Gasteiger partial charge in [-0.15, -0.1) is 0 Å². The Morgan fingerprint density at radius 3 is 2.85 bits per heavy atom. The van der Waals surface area contributed by atoms with Gasteiger partial charge in [-0.2, -0.15) is 0 Å². The minimum Gasteiger partial charge on any atom is -0.487 e. The van der Waals surface area contributed by atoms with Gasteiger partial charge in [-0.05, 0) is 24.3 Å². The first kappa shape index (κ1) is 13.2. The number of nitro benzene ring substituents is 1. The van der Waals surface area contributed by atoms with Crippen molar-refractivity contribution in [2.75, 3.05) is 25.0 Å². The highest BCUT2D eigenvalue weighted by Gasteiger charge is 2.52. The van der Waals surface area contributed by atoms with E-state index in [0.29, 0.717) is 30.2 Å². The highest BCUT2D eigenvalue weighted by molar-refractivity contribution is 5.59. The molecule has 0 amide bonds. The van der Waals surface area contributed by atoms with Crippen molar-refractivity contribution in [3.8, 4) is 5.75 Å². The second kappa shape index (κ2) is 5.28. The fourth-order valence-electron chi connectivity index (χ4n) is 2.91. The Morgan fingerprint density at radius 1 is 1.45 bits per heavy atom. The maximum absolute atomic E-state index is 11.0. The number of nitrogens with zero attached hydrogens (tertiary/aromatic N) is 1. The third kappa shape index (κ3) is 2.43. The van der Waals surface area contributed by atoms with Crippen LogP contribution in [0.4, 0.5) is 11.4 Å². The van der Waals surface area contributed by atoms with Crippen LogP contribution in [0.15, 0.2) is 18.2 Å². The van der Waals surface area contributed by atoms with Crippen molar-refractivity contribution in [2.24, 2.45) is 11.8 Å². The first-order chi connectivity index (χ1) is 9.70. The lowest BCUT2D eigenvalue weighted by molar-refractivity contribution is -0.385. The van der Waals surface area contributed by atoms with Gasteiger partial charge in [0.25, 0.3) is 0 Å². The van der Waals surface area contributed by atoms with Crippen molar-refractivity contribution >= 4 is 11.4 Å². The molecule has 2 N–H and O–H groups in total. The van der Waals surface area contributed by atoms with Gasteiger partial charge in [0.05, 0.1) is 11.5 Å². The summed E-state index contributed by atoms with van der Waals surface area (Å²) in [5.41, 5.74) is 0.933. The number of nitro groups is 1. The number of hydrogen-bond acceptors (Lipinski definition) is 5. The van der Waals surface area contributed by atoms with Crippen LogP contribution < -0.4 is 15.4 Å². The molecule has 0 bridgehead atoms. The molecule has 1 aromatic carbocycles. The van der Waals surface area contributed by atoms with Crippen molar-refractivity contribution in [2.45, 2.75) is 19.4 Å². The summed E-state index contributed by atoms with van der Waals surface area (Å²) in [6.45, 7) is 4.60. The van der Waals surface area contributed by atoms with E-state index >= 15 is 0 Å². The molecule has 2 fully saturated rings. The lowest BCUT2D eigenvalue weighted by atomic mass is 10.2. The highest BCUT2D eigenvalue weighted by Crippen LogP contribution is 2.44. The van der Waals surface area contributed by atoms with Crippen LogP contribution in [0.3, 0.4) is 0 Å². The van der Waals surface area contributed by atoms with Gasteiger partial charge < -0.3 is 15.4 Å². The third-order valence-electron chi connectivity index (χ3n) is 4.04. The fraction of sp³-hybridized carbons (Fsp3) is 0.571. The van der Waals surface area contributed by atoms with Crippen LogP contribution in [0.5, 0.6) is 5.75 Å². The summed E-state index contributed by atoms with van der Waals surface area (Å²) in [7, 11) is 0. The molecule has 0 radical (unpaired) electrons. The van der Waals surface area contributed by atoms with Crippen LogP contribution in [0, 0.1) is 22.0 Å². The van der Waals surface area contributed by atoms with Crippen LogP contribution in [0.25, 0.3) is 0 Å². The topological polar surface area (TPSA) is 76.4 Å². The fourth-order valence-corrected chi connectivity index (χ4v) is 2.91. The van der Waals surface area contributed by atoms with Gasteiger partial charge in [-0.25, -0.2) is 0 Å². The monoisotopic (exact) mass is 277 g/mol. The van der Waals surface area contributed by atoms with Gasteiger partial charge in [0.1, 0.15) is 0 Å². The van der Waals surface area contributed by atoms with Crippen molar-refractivity contribution in [1.82, 2.24) is 5.32 Å². The summed E-state index contributed by atoms with van der Waals surface area (Å²) in [6, 6.07) is 5.52. The molecule has 0 spiro atoms. The van der Waals surface area contributed by atoms with Gasteiger partial charge >= 0.3 is 5.69 Å². The predicted molar refractivity (Wildman–Crippen MR) is 76.1 cm³/mol. The van der Waals surface area contributed by atoms with Crippen molar-refractivity contribution < 1.29 is 9.66 Å². The number of anilines is 1. The number of piperidine rings is 1. The summed E-state index contributed by atoms with van der Waals surface area (Å²) in [5, 5.41) is 17.8. The van der Waals surface area contributed by atoms with Crippen LogP contribution >= 0.6 is 0 Å². The summed E-state index contributed by atoms with van der Waals surface area (Å²) in [5.74, 6) is 1.75. The lowest BCUT2D eigenvalue weighted by Gasteiger charge is -2.11. The molecule has 108 valence electrons. The van der Waals surface area contributed by atoms with E-state index in [2.05, 4.69) is 10.6 Å². The minimum atomic E-state index is -0.398. The van der Waals surface area contributed by atoms with Crippen molar-refractivity contribution in [1.29, 1.82) is 0 Å². The zero-order valence-corrected chi connectivity index (χ0v) is 11.5. The molecule has 1 aromatic rings. The number of hydrogen-bond donors (Lipinski definition) is 2. The Labute approximate surface area is 117 Å². The van der Waals surface area contributed by atoms with Gasteiger partial charge in [-0.1, -0.05) is 6.92 Å². The molecule has 2 aliphatic rings. The Bertz CT molecular complexity index is 510. The molecule has 0 aromatic heterocycles. The number of nitrogens with one attached hydrogen (secondary N) is 2. The first-order valence-electron chi connectivity index (χ1n) is 7.09. The zero-order valence-electron chi connectivity index (χ0n) is 11.5. The van der Waals surface area contributed by atoms with Gasteiger partial charge in [0, 0.05) is 37.0 Å². The molecule has 6 nitrogen and oxygen atoms in total. The molecular formula is C14H19N3O3. The number of rotatable bonds is 6. The zero-order chi connectivity index (χ0) is 14.1. The molecule has 1 aliphatic heterocycles. The van der Waals surface area contributed by atoms with E-state index in [4.69, 9.17) is 4.74 Å². The SMILES string of the molecule is CCCOc1cc(NC2C3CNCC32)ccc1[N+](=O)[O-]. The van der Waals surface area contributed by atoms with Gasteiger partial charge in [0.2, 0.25) is 0 Å². The van der Waals surface area contributed by atoms with Gasteiger partial charge in [-0.3, -0.25) is 10.1 Å². The summed E-state index contributed by atoms with van der Waals surface area (Å²) >= 11 is 0.